The number of thioether (sulfide) groups is 4. The van der Waals surface area contributed by atoms with Crippen molar-refractivity contribution < 1.29 is 28.8 Å². The zero-order valence-electron chi connectivity index (χ0n) is 44.0. The predicted octanol–water partition coefficient (Wildman–Crippen LogP) is 11.8. The molecule has 11 nitrogen and oxygen atoms in total. The van der Waals surface area contributed by atoms with E-state index in [9.17, 15) is 28.8 Å². The Morgan fingerprint density at radius 3 is 1.00 bits per heavy atom. The molecular weight excluding hydrogens is 919 g/mol. The van der Waals surface area contributed by atoms with Crippen LogP contribution in [0.2, 0.25) is 0 Å². The Morgan fingerprint density at radius 1 is 0.373 bits per heavy atom. The average Bonchev–Trinajstić information content (AvgIpc) is 3.22. The monoisotopic (exact) mass is 1020 g/mol. The summed E-state index contributed by atoms with van der Waals surface area (Å²) in [7, 11) is 0. The Balaban J connectivity index is -0.000000259. The highest BCUT2D eigenvalue weighted by Crippen LogP contribution is 2.16. The standard InChI is InChI=1S/C15H30N2OS.C15H29NO2S.C14H27NO2S.C7H15NOS.CH4/c1-12(2)19-11-7-9-14(16)8-5-4-6-10-15(17)13(3)18;1-12(2)19-11-7-9-14(18)8-5-4-6-10-15(16)13(3)17;1-11(2)18-10-9-13(17)7-5-4-6-8-14(15)12(3)16;1-5(2)10-4-7(8)6(3)9;/h12,15-16H,4-11,17H2,1-3H3;12,15H,4-11,16H2,1-3H3;11,14H,4-10,15H2,1-3H3;5,7H,4,8H2,1-3H3;1H4/t2*15-;14-;7-;/m0000./s1. The maximum absolute atomic E-state index is 11.6. The van der Waals surface area contributed by atoms with E-state index in [1.54, 1.807) is 18.7 Å². The molecule has 0 radical (unpaired) electrons. The van der Waals surface area contributed by atoms with Crippen molar-refractivity contribution in [2.75, 3.05) is 23.0 Å². The fourth-order valence-corrected chi connectivity index (χ4v) is 8.81. The Labute approximate surface area is 429 Å². The summed E-state index contributed by atoms with van der Waals surface area (Å²) in [6, 6.07) is -1.19. The number of nitrogens with one attached hydrogen (secondary N) is 1. The van der Waals surface area contributed by atoms with Gasteiger partial charge < -0.3 is 28.3 Å². The second-order valence-electron chi connectivity index (χ2n) is 18.4. The smallest absolute Gasteiger partial charge is 0.147 e. The van der Waals surface area contributed by atoms with Crippen molar-refractivity contribution in [3.05, 3.63) is 0 Å². The molecule has 0 fully saturated rings. The van der Waals surface area contributed by atoms with Gasteiger partial charge in [0.2, 0.25) is 0 Å². The molecule has 67 heavy (non-hydrogen) atoms. The van der Waals surface area contributed by atoms with Crippen LogP contribution < -0.4 is 22.9 Å². The molecular formula is C52H105N5O6S4. The van der Waals surface area contributed by atoms with E-state index in [1.165, 1.54) is 20.8 Å². The van der Waals surface area contributed by atoms with E-state index in [2.05, 4.69) is 55.4 Å². The molecule has 0 aromatic heterocycles. The third-order valence-electron chi connectivity index (χ3n) is 10.1. The summed E-state index contributed by atoms with van der Waals surface area (Å²) in [5.74, 6) is 4.92. The molecule has 0 aliphatic rings. The summed E-state index contributed by atoms with van der Waals surface area (Å²) in [6.45, 7) is 23.4. The van der Waals surface area contributed by atoms with Gasteiger partial charge in [-0.15, -0.1) is 0 Å². The van der Waals surface area contributed by atoms with Crippen molar-refractivity contribution in [3.8, 4) is 0 Å². The van der Waals surface area contributed by atoms with Crippen LogP contribution in [0.4, 0.5) is 0 Å². The van der Waals surface area contributed by atoms with Gasteiger partial charge in [-0.05, 0) is 124 Å². The first kappa shape index (κ1) is 74.9. The highest BCUT2D eigenvalue weighted by atomic mass is 32.2. The van der Waals surface area contributed by atoms with Crippen LogP contribution in [-0.2, 0) is 28.8 Å². The van der Waals surface area contributed by atoms with Crippen LogP contribution in [0.3, 0.4) is 0 Å². The third-order valence-corrected chi connectivity index (χ3v) is 14.8. The van der Waals surface area contributed by atoms with Crippen molar-refractivity contribution in [1.29, 1.82) is 5.41 Å². The van der Waals surface area contributed by atoms with Crippen LogP contribution in [-0.4, -0.2) is 109 Å². The zero-order valence-corrected chi connectivity index (χ0v) is 47.2. The van der Waals surface area contributed by atoms with Crippen molar-refractivity contribution in [3.63, 3.8) is 0 Å². The first-order chi connectivity index (χ1) is 30.8. The minimum absolute atomic E-state index is 0. The second kappa shape index (κ2) is 51.3. The van der Waals surface area contributed by atoms with Gasteiger partial charge in [0, 0.05) is 42.9 Å². The Bertz CT molecular complexity index is 1220. The zero-order chi connectivity index (χ0) is 51.5. The van der Waals surface area contributed by atoms with Gasteiger partial charge in [0.15, 0.2) is 0 Å². The quantitative estimate of drug-likeness (QED) is 0.0285. The van der Waals surface area contributed by atoms with Crippen molar-refractivity contribution in [2.45, 2.75) is 264 Å². The van der Waals surface area contributed by atoms with E-state index in [0.717, 1.165) is 131 Å². The second-order valence-corrected chi connectivity index (χ2v) is 25.1. The van der Waals surface area contributed by atoms with E-state index in [-0.39, 0.29) is 54.7 Å². The molecule has 0 amide bonds. The van der Waals surface area contributed by atoms with Gasteiger partial charge in [-0.1, -0.05) is 101 Å². The van der Waals surface area contributed by atoms with Gasteiger partial charge in [-0.2, -0.15) is 47.0 Å². The van der Waals surface area contributed by atoms with Gasteiger partial charge in [-0.25, -0.2) is 0 Å². The lowest BCUT2D eigenvalue weighted by Gasteiger charge is -2.08. The highest BCUT2D eigenvalue weighted by Gasteiger charge is 2.11. The Morgan fingerprint density at radius 2 is 0.657 bits per heavy atom. The van der Waals surface area contributed by atoms with Crippen LogP contribution in [0, 0.1) is 5.41 Å². The summed E-state index contributed by atoms with van der Waals surface area (Å²) in [4.78, 5) is 66.5. The van der Waals surface area contributed by atoms with Gasteiger partial charge in [0.25, 0.3) is 0 Å². The van der Waals surface area contributed by atoms with Crippen molar-refractivity contribution in [1.82, 2.24) is 0 Å². The minimum atomic E-state index is -0.317. The SMILES string of the molecule is C.CC(=O)[C@@H](N)CCCCCC(=N)CCCSC(C)C.CC(=O)[C@@H](N)CCCCCC(=O)CCCSC(C)C.CC(=O)[C@@H](N)CCCCCC(=O)CCSC(C)C.CC(=O)[C@@H](N)CSC(C)C. The number of ketones is 6. The number of carbonyl (C=O) groups is 6. The van der Waals surface area contributed by atoms with E-state index in [0.29, 0.717) is 58.2 Å². The molecule has 0 unspecified atom stereocenters. The molecule has 0 aliphatic heterocycles. The number of unbranched alkanes of at least 4 members (excludes halogenated alkanes) is 6. The fraction of sp³-hybridized carbons (Fsp3) is 0.865. The molecule has 0 saturated carbocycles. The summed E-state index contributed by atoms with van der Waals surface area (Å²) < 4.78 is 0. The molecule has 4 atom stereocenters. The first-order valence-corrected chi connectivity index (χ1v) is 29.1. The first-order valence-electron chi connectivity index (χ1n) is 24.9. The molecule has 0 aliphatic carbocycles. The number of nitrogens with two attached hydrogens (primary N) is 4. The lowest BCUT2D eigenvalue weighted by atomic mass is 10.0. The Hall–Kier alpha value is -1.07. The number of hydrogen-bond donors (Lipinski definition) is 5. The van der Waals surface area contributed by atoms with Gasteiger partial charge in [-0.3, -0.25) is 28.8 Å². The minimum Gasteiger partial charge on any atom is -0.322 e. The van der Waals surface area contributed by atoms with E-state index in [4.69, 9.17) is 28.3 Å². The maximum Gasteiger partial charge on any atom is 0.147 e. The molecule has 0 saturated heterocycles. The topological polar surface area (TPSA) is 230 Å². The van der Waals surface area contributed by atoms with Crippen molar-refractivity contribution in [2.24, 2.45) is 22.9 Å². The lowest BCUT2D eigenvalue weighted by Crippen LogP contribution is -2.31. The number of rotatable bonds is 39. The van der Waals surface area contributed by atoms with E-state index >= 15 is 0 Å². The number of carbonyl (C=O) groups excluding carboxylic acids is 6. The summed E-state index contributed by atoms with van der Waals surface area (Å²) in [5.41, 5.74) is 23.3. The summed E-state index contributed by atoms with van der Waals surface area (Å²) in [5, 5.41) is 10.4. The van der Waals surface area contributed by atoms with Gasteiger partial charge >= 0.3 is 0 Å². The third kappa shape index (κ3) is 62.9. The highest BCUT2D eigenvalue weighted by molar-refractivity contribution is 8.00. The predicted molar refractivity (Wildman–Crippen MR) is 302 cm³/mol. The normalized spacial score (nSPS) is 12.7. The molecule has 0 bridgehead atoms. The fourth-order valence-electron chi connectivity index (χ4n) is 5.61. The molecule has 0 spiro atoms. The maximum atomic E-state index is 11.6. The molecule has 0 aromatic rings. The molecule has 9 N–H and O–H groups in total. The van der Waals surface area contributed by atoms with Crippen LogP contribution in [0.25, 0.3) is 0 Å². The van der Waals surface area contributed by atoms with Crippen LogP contribution in [0.1, 0.15) is 219 Å². The van der Waals surface area contributed by atoms with Crippen LogP contribution >= 0.6 is 47.0 Å². The van der Waals surface area contributed by atoms with Crippen LogP contribution in [0.15, 0.2) is 0 Å². The number of hydrogen-bond acceptors (Lipinski definition) is 15. The molecule has 0 rings (SSSR count). The summed E-state index contributed by atoms with van der Waals surface area (Å²) >= 11 is 7.44. The average molecular weight is 1020 g/mol. The molecule has 0 aromatic carbocycles. The summed E-state index contributed by atoms with van der Waals surface area (Å²) in [6.07, 6.45) is 17.8. The van der Waals surface area contributed by atoms with Gasteiger partial charge in [0.05, 0.1) is 24.2 Å². The van der Waals surface area contributed by atoms with E-state index in [1.807, 2.05) is 35.3 Å². The largest absolute Gasteiger partial charge is 0.322 e. The molecule has 398 valence electrons. The van der Waals surface area contributed by atoms with Gasteiger partial charge in [0.1, 0.15) is 34.7 Å². The molecule has 15 heteroatoms. The number of Topliss-reactive ketones (excluding diaryl/α,β-unsaturated/α-hetero) is 6. The lowest BCUT2D eigenvalue weighted by molar-refractivity contribution is -0.120. The molecule has 0 heterocycles. The van der Waals surface area contributed by atoms with Crippen molar-refractivity contribution >= 4 is 87.5 Å². The van der Waals surface area contributed by atoms with Crippen LogP contribution in [0.5, 0.6) is 0 Å². The van der Waals surface area contributed by atoms with E-state index < -0.39 is 0 Å². The Kier molecular flexibility index (Phi) is 57.3.